The zero-order valence-corrected chi connectivity index (χ0v) is 16.4. The van der Waals surface area contributed by atoms with Gasteiger partial charge in [0, 0.05) is 16.8 Å². The van der Waals surface area contributed by atoms with Crippen molar-refractivity contribution in [3.63, 3.8) is 0 Å². The van der Waals surface area contributed by atoms with Gasteiger partial charge in [0.05, 0.1) is 24.5 Å². The van der Waals surface area contributed by atoms with Gasteiger partial charge >= 0.3 is 0 Å². The third kappa shape index (κ3) is 4.03. The van der Waals surface area contributed by atoms with Gasteiger partial charge in [-0.1, -0.05) is 17.7 Å². The summed E-state index contributed by atoms with van der Waals surface area (Å²) in [5.74, 6) is 0.652. The van der Waals surface area contributed by atoms with Crippen LogP contribution in [0.1, 0.15) is 45.8 Å². The number of hydrogen-bond donors (Lipinski definition) is 1. The molecule has 1 unspecified atom stereocenters. The van der Waals surface area contributed by atoms with E-state index < -0.39 is 0 Å². The molecule has 0 aliphatic carbocycles. The molecule has 0 bridgehead atoms. The average molecular weight is 363 g/mol. The van der Waals surface area contributed by atoms with Crippen molar-refractivity contribution in [2.24, 2.45) is 0 Å². The van der Waals surface area contributed by atoms with E-state index in [0.717, 1.165) is 34.0 Å². The Morgan fingerprint density at radius 1 is 1.07 bits per heavy atom. The number of rotatable bonds is 5. The highest BCUT2D eigenvalue weighted by Crippen LogP contribution is 2.26. The Labute approximate surface area is 160 Å². The molecule has 0 saturated heterocycles. The molecule has 0 spiro atoms. The van der Waals surface area contributed by atoms with E-state index in [1.165, 1.54) is 0 Å². The molecule has 3 aromatic rings. The van der Waals surface area contributed by atoms with Gasteiger partial charge in [0.1, 0.15) is 5.75 Å². The molecule has 0 fully saturated rings. The fourth-order valence-corrected chi connectivity index (χ4v) is 3.19. The first-order valence-corrected chi connectivity index (χ1v) is 8.98. The number of amides is 1. The summed E-state index contributed by atoms with van der Waals surface area (Å²) in [7, 11) is 1.64. The summed E-state index contributed by atoms with van der Waals surface area (Å²) in [6.45, 7) is 7.96. The number of aryl methyl sites for hydroxylation is 3. The van der Waals surface area contributed by atoms with Gasteiger partial charge in [0.25, 0.3) is 5.91 Å². The summed E-state index contributed by atoms with van der Waals surface area (Å²) in [6, 6.07) is 15.3. The Morgan fingerprint density at radius 3 is 2.37 bits per heavy atom. The van der Waals surface area contributed by atoms with Crippen molar-refractivity contribution in [2.45, 2.75) is 33.7 Å². The van der Waals surface area contributed by atoms with E-state index in [2.05, 4.69) is 10.4 Å². The summed E-state index contributed by atoms with van der Waals surface area (Å²) in [5, 5.41) is 7.52. The van der Waals surface area contributed by atoms with Crippen LogP contribution in [0, 0.1) is 20.8 Å². The van der Waals surface area contributed by atoms with E-state index in [-0.39, 0.29) is 11.9 Å². The Morgan fingerprint density at radius 2 is 1.78 bits per heavy atom. The zero-order valence-electron chi connectivity index (χ0n) is 16.4. The Bertz CT molecular complexity index is 958. The molecule has 1 heterocycles. The van der Waals surface area contributed by atoms with E-state index in [9.17, 15) is 4.79 Å². The first kappa shape index (κ1) is 18.7. The SMILES string of the molecule is COc1ccc(C)cc1C(C)NC(=O)c1ccc(-n2nc(C)cc2C)cc1. The molecule has 0 radical (unpaired) electrons. The second kappa shape index (κ2) is 7.66. The number of nitrogens with zero attached hydrogens (tertiary/aromatic N) is 2. The molecule has 2 aromatic carbocycles. The number of methoxy groups -OCH3 is 1. The lowest BCUT2D eigenvalue weighted by atomic mass is 10.0. The normalized spacial score (nSPS) is 11.9. The van der Waals surface area contributed by atoms with E-state index >= 15 is 0 Å². The van der Waals surface area contributed by atoms with Crippen molar-refractivity contribution in [2.75, 3.05) is 7.11 Å². The molecule has 1 amide bonds. The highest BCUT2D eigenvalue weighted by atomic mass is 16.5. The Hall–Kier alpha value is -3.08. The van der Waals surface area contributed by atoms with Crippen LogP contribution in [0.25, 0.3) is 5.69 Å². The first-order valence-electron chi connectivity index (χ1n) is 8.98. The lowest BCUT2D eigenvalue weighted by Crippen LogP contribution is -2.27. The topological polar surface area (TPSA) is 56.1 Å². The zero-order chi connectivity index (χ0) is 19.6. The van der Waals surface area contributed by atoms with Gasteiger partial charge in [-0.05, 0) is 64.1 Å². The molecule has 1 aromatic heterocycles. The van der Waals surface area contributed by atoms with Crippen LogP contribution < -0.4 is 10.1 Å². The maximum atomic E-state index is 12.7. The first-order chi connectivity index (χ1) is 12.9. The van der Waals surface area contributed by atoms with Gasteiger partial charge < -0.3 is 10.1 Å². The van der Waals surface area contributed by atoms with Gasteiger partial charge in [-0.2, -0.15) is 5.10 Å². The number of hydrogen-bond acceptors (Lipinski definition) is 3. The molecule has 140 valence electrons. The highest BCUT2D eigenvalue weighted by molar-refractivity contribution is 5.94. The summed E-state index contributed by atoms with van der Waals surface area (Å²) in [5.41, 5.74) is 5.66. The van der Waals surface area contributed by atoms with Gasteiger partial charge in [0.2, 0.25) is 0 Å². The molecule has 5 heteroatoms. The van der Waals surface area contributed by atoms with Crippen LogP contribution in [0.5, 0.6) is 5.75 Å². The van der Waals surface area contributed by atoms with Crippen molar-refractivity contribution in [3.05, 3.63) is 76.6 Å². The molecule has 5 nitrogen and oxygen atoms in total. The maximum absolute atomic E-state index is 12.7. The second-order valence-corrected chi connectivity index (χ2v) is 6.83. The van der Waals surface area contributed by atoms with Gasteiger partial charge in [-0.15, -0.1) is 0 Å². The van der Waals surface area contributed by atoms with E-state index in [0.29, 0.717) is 5.56 Å². The fourth-order valence-electron chi connectivity index (χ4n) is 3.19. The van der Waals surface area contributed by atoms with Crippen LogP contribution in [-0.4, -0.2) is 22.8 Å². The summed E-state index contributed by atoms with van der Waals surface area (Å²) < 4.78 is 7.30. The standard InChI is InChI=1S/C22H25N3O2/c1-14-6-11-21(27-5)20(12-14)17(4)23-22(26)18-7-9-19(10-8-18)25-16(3)13-15(2)24-25/h6-13,17H,1-5H3,(H,23,26). The summed E-state index contributed by atoms with van der Waals surface area (Å²) >= 11 is 0. The number of ether oxygens (including phenoxy) is 1. The van der Waals surface area contributed by atoms with Crippen molar-refractivity contribution in [3.8, 4) is 11.4 Å². The predicted octanol–water partition coefficient (Wildman–Crippen LogP) is 4.30. The number of carbonyl (C=O) groups is 1. The third-order valence-electron chi connectivity index (χ3n) is 4.58. The number of benzene rings is 2. The number of aromatic nitrogens is 2. The molecule has 0 saturated carbocycles. The van der Waals surface area contributed by atoms with Crippen molar-refractivity contribution in [1.82, 2.24) is 15.1 Å². The minimum absolute atomic E-state index is 0.119. The second-order valence-electron chi connectivity index (χ2n) is 6.83. The molecule has 0 aliphatic rings. The van der Waals surface area contributed by atoms with Gasteiger partial charge in [-0.3, -0.25) is 4.79 Å². The lowest BCUT2D eigenvalue weighted by Gasteiger charge is -2.18. The predicted molar refractivity (Wildman–Crippen MR) is 107 cm³/mol. The van der Waals surface area contributed by atoms with Crippen LogP contribution in [0.3, 0.4) is 0 Å². The smallest absolute Gasteiger partial charge is 0.251 e. The molecule has 1 N–H and O–H groups in total. The van der Waals surface area contributed by atoms with E-state index in [1.54, 1.807) is 7.11 Å². The van der Waals surface area contributed by atoms with Crippen LogP contribution in [0.15, 0.2) is 48.5 Å². The summed E-state index contributed by atoms with van der Waals surface area (Å²) in [4.78, 5) is 12.7. The van der Waals surface area contributed by atoms with Crippen molar-refractivity contribution >= 4 is 5.91 Å². The minimum atomic E-state index is -0.164. The molecular formula is C22H25N3O2. The average Bonchev–Trinajstić information content (AvgIpc) is 2.99. The van der Waals surface area contributed by atoms with E-state index in [1.807, 2.05) is 80.9 Å². The minimum Gasteiger partial charge on any atom is -0.496 e. The largest absolute Gasteiger partial charge is 0.496 e. The monoisotopic (exact) mass is 363 g/mol. The quantitative estimate of drug-likeness (QED) is 0.735. The van der Waals surface area contributed by atoms with Gasteiger partial charge in [0.15, 0.2) is 0 Å². The molecule has 1 atom stereocenters. The van der Waals surface area contributed by atoms with Crippen LogP contribution in [0.4, 0.5) is 0 Å². The van der Waals surface area contributed by atoms with Crippen molar-refractivity contribution < 1.29 is 9.53 Å². The van der Waals surface area contributed by atoms with Gasteiger partial charge in [-0.25, -0.2) is 4.68 Å². The van der Waals surface area contributed by atoms with Crippen LogP contribution >= 0.6 is 0 Å². The molecule has 3 rings (SSSR count). The fraction of sp³-hybridized carbons (Fsp3) is 0.273. The molecule has 27 heavy (non-hydrogen) atoms. The van der Waals surface area contributed by atoms with Crippen molar-refractivity contribution in [1.29, 1.82) is 0 Å². The highest BCUT2D eigenvalue weighted by Gasteiger charge is 2.16. The number of nitrogens with one attached hydrogen (secondary N) is 1. The molecule has 0 aliphatic heterocycles. The maximum Gasteiger partial charge on any atom is 0.251 e. The Balaban J connectivity index is 1.76. The molecular weight excluding hydrogens is 338 g/mol. The Kier molecular flexibility index (Phi) is 5.31. The summed E-state index contributed by atoms with van der Waals surface area (Å²) in [6.07, 6.45) is 0. The lowest BCUT2D eigenvalue weighted by molar-refractivity contribution is 0.0939. The third-order valence-corrected chi connectivity index (χ3v) is 4.58. The van der Waals surface area contributed by atoms with Crippen LogP contribution in [-0.2, 0) is 0 Å². The van der Waals surface area contributed by atoms with E-state index in [4.69, 9.17) is 4.74 Å². The van der Waals surface area contributed by atoms with Crippen LogP contribution in [0.2, 0.25) is 0 Å². The number of carbonyl (C=O) groups excluding carboxylic acids is 1.